The summed E-state index contributed by atoms with van der Waals surface area (Å²) in [5.41, 5.74) is 3.97. The van der Waals surface area contributed by atoms with Crippen LogP contribution in [-0.2, 0) is 12.8 Å². The third kappa shape index (κ3) is 11.8. The number of ether oxygens (including phenoxy) is 1. The molecule has 0 saturated carbocycles. The van der Waals surface area contributed by atoms with Crippen molar-refractivity contribution < 1.29 is 9.53 Å². The number of nitriles is 1. The monoisotopic (exact) mass is 567 g/mol. The highest BCUT2D eigenvalue weighted by molar-refractivity contribution is 5.91. The van der Waals surface area contributed by atoms with Gasteiger partial charge in [-0.3, -0.25) is 0 Å². The Morgan fingerprint density at radius 1 is 0.714 bits per heavy atom. The van der Waals surface area contributed by atoms with Crippen LogP contribution in [0.5, 0.6) is 5.75 Å². The molecule has 1 heterocycles. The molecule has 0 amide bonds. The number of rotatable bonds is 20. The molecule has 0 bridgehead atoms. The number of unbranched alkanes of at least 4 members (excludes halogenated alkanes) is 13. The third-order valence-corrected chi connectivity index (χ3v) is 7.86. The van der Waals surface area contributed by atoms with Crippen LogP contribution in [0.15, 0.2) is 54.9 Å². The maximum atomic E-state index is 12.8. The standard InChI is InChI=1S/C37H49N3O2/c1-3-5-7-9-11-13-14-16-18-30-28-39-36(40-29-30)32-22-24-35(25-23-32)42-37(41)33-21-20-31(34(26-33)27-38)19-17-15-12-10-8-6-4-2/h20-26,28-29H,3-19H2,1-2H3. The van der Waals surface area contributed by atoms with Crippen molar-refractivity contribution in [1.29, 1.82) is 5.26 Å². The van der Waals surface area contributed by atoms with Gasteiger partial charge in [-0.25, -0.2) is 14.8 Å². The normalized spacial score (nSPS) is 10.9. The van der Waals surface area contributed by atoms with Crippen molar-refractivity contribution in [3.05, 3.63) is 77.1 Å². The van der Waals surface area contributed by atoms with Crippen molar-refractivity contribution in [2.45, 2.75) is 123 Å². The highest BCUT2D eigenvalue weighted by atomic mass is 16.5. The van der Waals surface area contributed by atoms with E-state index in [1.165, 1.54) is 95.5 Å². The van der Waals surface area contributed by atoms with Crippen molar-refractivity contribution >= 4 is 5.97 Å². The number of aromatic nitrogens is 2. The summed E-state index contributed by atoms with van der Waals surface area (Å²) < 4.78 is 5.60. The number of carbonyl (C=O) groups is 1. The Kier molecular flexibility index (Phi) is 15.4. The fourth-order valence-corrected chi connectivity index (χ4v) is 5.23. The topological polar surface area (TPSA) is 75.9 Å². The number of nitrogens with zero attached hydrogens (tertiary/aromatic N) is 3. The van der Waals surface area contributed by atoms with Crippen LogP contribution < -0.4 is 4.74 Å². The first kappa shape index (κ1) is 33.0. The Labute approximate surface area is 253 Å². The number of hydrogen-bond acceptors (Lipinski definition) is 5. The van der Waals surface area contributed by atoms with Crippen molar-refractivity contribution in [2.75, 3.05) is 0 Å². The zero-order valence-electron chi connectivity index (χ0n) is 25.9. The maximum Gasteiger partial charge on any atom is 0.343 e. The molecule has 0 aliphatic carbocycles. The van der Waals surface area contributed by atoms with Gasteiger partial charge in [-0.15, -0.1) is 0 Å². The smallest absolute Gasteiger partial charge is 0.343 e. The molecule has 5 heteroatoms. The van der Waals surface area contributed by atoms with Crippen LogP contribution in [0, 0.1) is 11.3 Å². The number of carbonyl (C=O) groups excluding carboxylic acids is 1. The first-order valence-corrected chi connectivity index (χ1v) is 16.3. The Bertz CT molecular complexity index is 1230. The maximum absolute atomic E-state index is 12.8. The Morgan fingerprint density at radius 2 is 1.26 bits per heavy atom. The SMILES string of the molecule is CCCCCCCCCCc1cnc(-c2ccc(OC(=O)c3ccc(CCCCCCCCC)c(C#N)c3)cc2)nc1. The summed E-state index contributed by atoms with van der Waals surface area (Å²) in [6.45, 7) is 4.48. The van der Waals surface area contributed by atoms with Crippen molar-refractivity contribution in [3.8, 4) is 23.2 Å². The largest absolute Gasteiger partial charge is 0.423 e. The summed E-state index contributed by atoms with van der Waals surface area (Å²) in [6.07, 6.45) is 24.8. The summed E-state index contributed by atoms with van der Waals surface area (Å²) in [7, 11) is 0. The highest BCUT2D eigenvalue weighted by Gasteiger charge is 2.13. The minimum atomic E-state index is -0.469. The van der Waals surface area contributed by atoms with E-state index < -0.39 is 5.97 Å². The van der Waals surface area contributed by atoms with Crippen LogP contribution in [0.4, 0.5) is 0 Å². The van der Waals surface area contributed by atoms with Gasteiger partial charge in [0.2, 0.25) is 0 Å². The van der Waals surface area contributed by atoms with Gasteiger partial charge < -0.3 is 4.74 Å². The zero-order chi connectivity index (χ0) is 29.8. The lowest BCUT2D eigenvalue weighted by Gasteiger charge is -2.09. The Morgan fingerprint density at radius 3 is 1.83 bits per heavy atom. The predicted octanol–water partition coefficient (Wildman–Crippen LogP) is 10.2. The number of benzene rings is 2. The lowest BCUT2D eigenvalue weighted by molar-refractivity contribution is 0.0734. The molecule has 0 aliphatic rings. The zero-order valence-corrected chi connectivity index (χ0v) is 25.9. The van der Waals surface area contributed by atoms with Gasteiger partial charge in [0.25, 0.3) is 0 Å². The molecule has 0 spiro atoms. The molecular formula is C37H49N3O2. The fraction of sp³-hybridized carbons (Fsp3) is 0.514. The van der Waals surface area contributed by atoms with Gasteiger partial charge in [0.15, 0.2) is 5.82 Å². The van der Waals surface area contributed by atoms with E-state index in [1.54, 1.807) is 24.3 Å². The van der Waals surface area contributed by atoms with E-state index in [9.17, 15) is 10.1 Å². The average molecular weight is 568 g/mol. The Balaban J connectivity index is 1.44. The van der Waals surface area contributed by atoms with Gasteiger partial charge in [0.05, 0.1) is 17.2 Å². The molecule has 42 heavy (non-hydrogen) atoms. The second-order valence-electron chi connectivity index (χ2n) is 11.4. The van der Waals surface area contributed by atoms with Crippen LogP contribution >= 0.6 is 0 Å². The molecule has 0 unspecified atom stereocenters. The van der Waals surface area contributed by atoms with Crippen molar-refractivity contribution in [1.82, 2.24) is 9.97 Å². The first-order chi connectivity index (χ1) is 20.6. The molecule has 3 aromatic rings. The van der Waals surface area contributed by atoms with Crippen LogP contribution in [0.1, 0.15) is 137 Å². The van der Waals surface area contributed by atoms with Gasteiger partial charge in [-0.1, -0.05) is 103 Å². The molecule has 2 aromatic carbocycles. The van der Waals surface area contributed by atoms with Crippen LogP contribution in [0.2, 0.25) is 0 Å². The van der Waals surface area contributed by atoms with Gasteiger partial charge in [0.1, 0.15) is 5.75 Å². The van der Waals surface area contributed by atoms with E-state index in [0.29, 0.717) is 22.7 Å². The van der Waals surface area contributed by atoms with E-state index in [-0.39, 0.29) is 0 Å². The minimum Gasteiger partial charge on any atom is -0.423 e. The summed E-state index contributed by atoms with van der Waals surface area (Å²) in [4.78, 5) is 21.9. The van der Waals surface area contributed by atoms with Crippen molar-refractivity contribution in [3.63, 3.8) is 0 Å². The van der Waals surface area contributed by atoms with Crippen LogP contribution in [0.3, 0.4) is 0 Å². The molecule has 1 aromatic heterocycles. The molecule has 0 fully saturated rings. The molecule has 0 aliphatic heterocycles. The Hall–Kier alpha value is -3.52. The lowest BCUT2D eigenvalue weighted by atomic mass is 9.99. The molecule has 224 valence electrons. The summed E-state index contributed by atoms with van der Waals surface area (Å²) >= 11 is 0. The molecule has 0 N–H and O–H groups in total. The van der Waals surface area contributed by atoms with Gasteiger partial charge in [0, 0.05) is 18.0 Å². The second kappa shape index (κ2) is 19.6. The molecule has 3 rings (SSSR count). The van der Waals surface area contributed by atoms with Gasteiger partial charge >= 0.3 is 5.97 Å². The van der Waals surface area contributed by atoms with Crippen LogP contribution in [0.25, 0.3) is 11.4 Å². The number of esters is 1. The molecular weight excluding hydrogens is 518 g/mol. The first-order valence-electron chi connectivity index (χ1n) is 16.3. The highest BCUT2D eigenvalue weighted by Crippen LogP contribution is 2.22. The average Bonchev–Trinajstić information content (AvgIpc) is 3.02. The van der Waals surface area contributed by atoms with E-state index in [4.69, 9.17) is 4.74 Å². The molecule has 5 nitrogen and oxygen atoms in total. The van der Waals surface area contributed by atoms with Crippen LogP contribution in [-0.4, -0.2) is 15.9 Å². The molecule has 0 atom stereocenters. The van der Waals surface area contributed by atoms with E-state index >= 15 is 0 Å². The van der Waals surface area contributed by atoms with Gasteiger partial charge in [-0.05, 0) is 73.2 Å². The van der Waals surface area contributed by atoms with E-state index in [2.05, 4.69) is 29.9 Å². The summed E-state index contributed by atoms with van der Waals surface area (Å²) in [5, 5.41) is 9.65. The fourth-order valence-electron chi connectivity index (χ4n) is 5.23. The lowest BCUT2D eigenvalue weighted by Crippen LogP contribution is -2.09. The van der Waals surface area contributed by atoms with Crippen molar-refractivity contribution in [2.24, 2.45) is 0 Å². The molecule has 0 saturated heterocycles. The summed E-state index contributed by atoms with van der Waals surface area (Å²) in [6, 6.07) is 14.8. The van der Waals surface area contributed by atoms with E-state index in [0.717, 1.165) is 30.4 Å². The second-order valence-corrected chi connectivity index (χ2v) is 11.4. The number of aryl methyl sites for hydroxylation is 2. The quantitative estimate of drug-likeness (QED) is 0.0771. The summed E-state index contributed by atoms with van der Waals surface area (Å²) in [5.74, 6) is 0.631. The minimum absolute atomic E-state index is 0.384. The molecule has 0 radical (unpaired) electrons. The predicted molar refractivity (Wildman–Crippen MR) is 172 cm³/mol. The van der Waals surface area contributed by atoms with Gasteiger partial charge in [-0.2, -0.15) is 5.26 Å². The third-order valence-electron chi connectivity index (χ3n) is 7.86. The van der Waals surface area contributed by atoms with E-state index in [1.807, 2.05) is 30.6 Å². The number of hydrogen-bond donors (Lipinski definition) is 0.